The predicted molar refractivity (Wildman–Crippen MR) is 55.3 cm³/mol. The summed E-state index contributed by atoms with van der Waals surface area (Å²) in [7, 11) is 0. The summed E-state index contributed by atoms with van der Waals surface area (Å²) in [6, 6.07) is 0. The lowest BCUT2D eigenvalue weighted by Gasteiger charge is -1.95. The van der Waals surface area contributed by atoms with Crippen LogP contribution in [0.3, 0.4) is 0 Å². The van der Waals surface area contributed by atoms with E-state index in [0.717, 1.165) is 13.0 Å². The van der Waals surface area contributed by atoms with Crippen molar-refractivity contribution in [1.82, 2.24) is 9.55 Å². The van der Waals surface area contributed by atoms with Crippen LogP contribution in [-0.2, 0) is 6.54 Å². The minimum absolute atomic E-state index is 0.985. The highest BCUT2D eigenvalue weighted by Crippen LogP contribution is 1.92. The van der Waals surface area contributed by atoms with E-state index in [1.54, 1.807) is 12.3 Å². The lowest BCUT2D eigenvalue weighted by molar-refractivity contribution is 0.709. The van der Waals surface area contributed by atoms with E-state index in [1.165, 1.54) is 0 Å². The van der Waals surface area contributed by atoms with Crippen LogP contribution in [0.4, 0.5) is 0 Å². The molecular formula is C11H14N2. The first-order valence-electron chi connectivity index (χ1n) is 4.33. The quantitative estimate of drug-likeness (QED) is 0.627. The van der Waals surface area contributed by atoms with Crippen LogP contribution in [0.1, 0.15) is 6.42 Å². The Morgan fingerprint density at radius 1 is 1.31 bits per heavy atom. The highest BCUT2D eigenvalue weighted by molar-refractivity contribution is 5.08. The summed E-state index contributed by atoms with van der Waals surface area (Å²) in [5, 5.41) is 0. The largest absolute Gasteiger partial charge is 0.337 e. The molecule has 0 saturated carbocycles. The van der Waals surface area contributed by atoms with Crippen LogP contribution in [0, 0.1) is 0 Å². The van der Waals surface area contributed by atoms with Gasteiger partial charge in [0.25, 0.3) is 0 Å². The highest BCUT2D eigenvalue weighted by Gasteiger charge is 1.84. The van der Waals surface area contributed by atoms with Crippen molar-refractivity contribution in [2.45, 2.75) is 13.0 Å². The Morgan fingerprint density at radius 2 is 2.23 bits per heavy atom. The molecule has 0 saturated heterocycles. The molecule has 0 N–H and O–H groups in total. The van der Waals surface area contributed by atoms with Crippen molar-refractivity contribution < 1.29 is 0 Å². The summed E-state index contributed by atoms with van der Waals surface area (Å²) in [5.41, 5.74) is 0. The van der Waals surface area contributed by atoms with Gasteiger partial charge in [0.1, 0.15) is 0 Å². The zero-order valence-corrected chi connectivity index (χ0v) is 7.63. The van der Waals surface area contributed by atoms with Gasteiger partial charge in [-0.25, -0.2) is 4.98 Å². The van der Waals surface area contributed by atoms with Gasteiger partial charge in [-0.2, -0.15) is 0 Å². The van der Waals surface area contributed by atoms with Crippen LogP contribution < -0.4 is 0 Å². The number of hydrogen-bond acceptors (Lipinski definition) is 1. The van der Waals surface area contributed by atoms with Gasteiger partial charge < -0.3 is 4.57 Å². The van der Waals surface area contributed by atoms with Crippen LogP contribution in [0.15, 0.2) is 55.7 Å². The van der Waals surface area contributed by atoms with E-state index in [9.17, 15) is 0 Å². The zero-order chi connectivity index (χ0) is 9.36. The third-order valence-electron chi connectivity index (χ3n) is 1.61. The summed E-state index contributed by atoms with van der Waals surface area (Å²) in [6.45, 7) is 4.57. The first-order valence-corrected chi connectivity index (χ1v) is 4.33. The smallest absolute Gasteiger partial charge is 0.0946 e. The van der Waals surface area contributed by atoms with Crippen LogP contribution in [-0.4, -0.2) is 9.55 Å². The normalized spacial score (nSPS) is 11.4. The number of imidazole rings is 1. The van der Waals surface area contributed by atoms with Crippen molar-refractivity contribution in [3.05, 3.63) is 55.7 Å². The summed E-state index contributed by atoms with van der Waals surface area (Å²) in [6.07, 6.45) is 16.4. The van der Waals surface area contributed by atoms with Gasteiger partial charge in [0.2, 0.25) is 0 Å². The van der Waals surface area contributed by atoms with Crippen molar-refractivity contribution in [2.24, 2.45) is 0 Å². The molecule has 0 amide bonds. The summed E-state index contributed by atoms with van der Waals surface area (Å²) >= 11 is 0. The molecule has 1 heterocycles. The van der Waals surface area contributed by atoms with Gasteiger partial charge in [-0.15, -0.1) is 0 Å². The topological polar surface area (TPSA) is 17.8 Å². The maximum atomic E-state index is 3.96. The van der Waals surface area contributed by atoms with Crippen LogP contribution >= 0.6 is 0 Å². The molecule has 0 unspecified atom stereocenters. The predicted octanol–water partition coefficient (Wildman–Crippen LogP) is 2.57. The highest BCUT2D eigenvalue weighted by atomic mass is 15.0. The molecule has 0 bridgehead atoms. The maximum absolute atomic E-state index is 3.96. The van der Waals surface area contributed by atoms with Crippen molar-refractivity contribution in [2.75, 3.05) is 0 Å². The van der Waals surface area contributed by atoms with Crippen LogP contribution in [0.5, 0.6) is 0 Å². The van der Waals surface area contributed by atoms with Gasteiger partial charge in [0, 0.05) is 18.9 Å². The third-order valence-corrected chi connectivity index (χ3v) is 1.61. The Morgan fingerprint density at radius 3 is 2.92 bits per heavy atom. The van der Waals surface area contributed by atoms with Gasteiger partial charge in [-0.1, -0.05) is 37.0 Å². The van der Waals surface area contributed by atoms with Gasteiger partial charge in [-0.05, 0) is 6.42 Å². The molecule has 2 heteroatoms. The van der Waals surface area contributed by atoms with E-state index < -0.39 is 0 Å². The first-order chi connectivity index (χ1) is 6.43. The molecule has 68 valence electrons. The molecule has 0 aliphatic rings. The Kier molecular flexibility index (Phi) is 4.39. The van der Waals surface area contributed by atoms with Crippen LogP contribution in [0.25, 0.3) is 0 Å². The second-order valence-corrected chi connectivity index (χ2v) is 2.64. The molecular weight excluding hydrogens is 160 g/mol. The molecule has 1 aromatic rings. The average molecular weight is 174 g/mol. The SMILES string of the molecule is C=C/C=C\C=C/CCn1ccnc1. The summed E-state index contributed by atoms with van der Waals surface area (Å²) in [4.78, 5) is 3.96. The molecule has 0 spiro atoms. The fourth-order valence-corrected chi connectivity index (χ4v) is 0.960. The van der Waals surface area contributed by atoms with E-state index in [2.05, 4.69) is 22.2 Å². The number of aromatic nitrogens is 2. The fourth-order valence-electron chi connectivity index (χ4n) is 0.960. The second-order valence-electron chi connectivity index (χ2n) is 2.64. The monoisotopic (exact) mass is 174 g/mol. The molecule has 1 rings (SSSR count). The number of allylic oxidation sites excluding steroid dienone is 5. The number of rotatable bonds is 5. The molecule has 0 aromatic carbocycles. The summed E-state index contributed by atoms with van der Waals surface area (Å²) in [5.74, 6) is 0. The molecule has 0 aliphatic heterocycles. The molecule has 13 heavy (non-hydrogen) atoms. The first kappa shape index (κ1) is 9.52. The zero-order valence-electron chi connectivity index (χ0n) is 7.63. The molecule has 0 aliphatic carbocycles. The van der Waals surface area contributed by atoms with E-state index in [0.29, 0.717) is 0 Å². The molecule has 2 nitrogen and oxygen atoms in total. The Labute approximate surface area is 78.9 Å². The number of nitrogens with zero attached hydrogens (tertiary/aromatic N) is 2. The summed E-state index contributed by atoms with van der Waals surface area (Å²) < 4.78 is 2.06. The Hall–Kier alpha value is -1.57. The van der Waals surface area contributed by atoms with E-state index in [4.69, 9.17) is 0 Å². The van der Waals surface area contributed by atoms with E-state index in [1.807, 2.05) is 30.8 Å². The number of aryl methyl sites for hydroxylation is 1. The molecule has 1 aromatic heterocycles. The average Bonchev–Trinajstić information content (AvgIpc) is 2.63. The number of hydrogen-bond donors (Lipinski definition) is 0. The van der Waals surface area contributed by atoms with Gasteiger partial charge >= 0.3 is 0 Å². The standard InChI is InChI=1S/C11H14N2/c1-2-3-4-5-6-7-9-13-10-8-12-11-13/h2-6,8,10-11H,1,7,9H2/b4-3-,6-5-. The Bertz CT molecular complexity index is 281. The van der Waals surface area contributed by atoms with E-state index >= 15 is 0 Å². The van der Waals surface area contributed by atoms with Crippen molar-refractivity contribution >= 4 is 0 Å². The van der Waals surface area contributed by atoms with Crippen molar-refractivity contribution in [3.63, 3.8) is 0 Å². The molecule has 0 radical (unpaired) electrons. The van der Waals surface area contributed by atoms with Gasteiger partial charge in [-0.3, -0.25) is 0 Å². The van der Waals surface area contributed by atoms with E-state index in [-0.39, 0.29) is 0 Å². The molecule has 0 atom stereocenters. The van der Waals surface area contributed by atoms with Gasteiger partial charge in [0.15, 0.2) is 0 Å². The van der Waals surface area contributed by atoms with Crippen molar-refractivity contribution in [3.8, 4) is 0 Å². The lowest BCUT2D eigenvalue weighted by Crippen LogP contribution is -1.91. The van der Waals surface area contributed by atoms with Gasteiger partial charge in [0.05, 0.1) is 6.33 Å². The second kappa shape index (κ2) is 6.00. The minimum atomic E-state index is 0.985. The van der Waals surface area contributed by atoms with Crippen LogP contribution in [0.2, 0.25) is 0 Å². The molecule has 0 fully saturated rings. The van der Waals surface area contributed by atoms with Crippen molar-refractivity contribution in [1.29, 1.82) is 0 Å². The maximum Gasteiger partial charge on any atom is 0.0946 e. The Balaban J connectivity index is 2.17. The third kappa shape index (κ3) is 4.11. The minimum Gasteiger partial charge on any atom is -0.337 e. The lowest BCUT2D eigenvalue weighted by atomic mass is 10.3. The fraction of sp³-hybridized carbons (Fsp3) is 0.182.